The molecule has 3 aliphatic rings. The maximum Gasteiger partial charge on any atom is 0.144 e. The summed E-state index contributed by atoms with van der Waals surface area (Å²) in [5.41, 5.74) is 0. The molecule has 3 fully saturated rings. The standard InChI is InChI=1S/C15H27ClN2/c1-12-10-17-9-3-2-4-15(17)18(12)11-13-5-7-14(16)8-6-13/h12-15H,2-11H2,1H3/p+1. The van der Waals surface area contributed by atoms with Gasteiger partial charge in [0.25, 0.3) is 0 Å². The molecule has 1 saturated carbocycles. The Bertz CT molecular complexity index is 276. The molecular weight excluding hydrogens is 244 g/mol. The molecule has 3 unspecified atom stereocenters. The molecule has 1 aliphatic carbocycles. The quantitative estimate of drug-likeness (QED) is 0.754. The average molecular weight is 272 g/mol. The van der Waals surface area contributed by atoms with Crippen LogP contribution in [0.15, 0.2) is 0 Å². The highest BCUT2D eigenvalue weighted by Crippen LogP contribution is 2.29. The SMILES string of the molecule is CC1C[NH+]2CCCCC2N1CC1CCC(Cl)CC1. The summed E-state index contributed by atoms with van der Waals surface area (Å²) in [6.07, 6.45) is 10.4. The number of hydrogen-bond acceptors (Lipinski definition) is 1. The topological polar surface area (TPSA) is 7.68 Å². The molecule has 104 valence electrons. The summed E-state index contributed by atoms with van der Waals surface area (Å²) in [6, 6.07) is 0.803. The molecule has 2 aliphatic heterocycles. The average Bonchev–Trinajstić information content (AvgIpc) is 2.69. The van der Waals surface area contributed by atoms with Gasteiger partial charge in [-0.25, -0.2) is 4.90 Å². The smallest absolute Gasteiger partial charge is 0.144 e. The van der Waals surface area contributed by atoms with Crippen LogP contribution in [-0.2, 0) is 0 Å². The molecule has 0 radical (unpaired) electrons. The summed E-state index contributed by atoms with van der Waals surface area (Å²) in [6.45, 7) is 6.59. The zero-order valence-corrected chi connectivity index (χ0v) is 12.5. The Morgan fingerprint density at radius 3 is 2.67 bits per heavy atom. The van der Waals surface area contributed by atoms with Gasteiger partial charge in [0.2, 0.25) is 0 Å². The second-order valence-corrected chi connectivity index (χ2v) is 7.40. The molecule has 1 N–H and O–H groups in total. The van der Waals surface area contributed by atoms with Gasteiger partial charge < -0.3 is 4.90 Å². The fourth-order valence-corrected chi connectivity index (χ4v) is 4.66. The van der Waals surface area contributed by atoms with Crippen molar-refractivity contribution in [2.24, 2.45) is 5.92 Å². The molecule has 2 saturated heterocycles. The Hall–Kier alpha value is 0.210. The first-order valence-electron chi connectivity index (χ1n) is 7.98. The summed E-state index contributed by atoms with van der Waals surface area (Å²) >= 11 is 6.22. The van der Waals surface area contributed by atoms with Crippen LogP contribution in [0.4, 0.5) is 0 Å². The van der Waals surface area contributed by atoms with Gasteiger partial charge in [-0.15, -0.1) is 11.6 Å². The largest absolute Gasteiger partial charge is 0.319 e. The van der Waals surface area contributed by atoms with Crippen molar-refractivity contribution < 1.29 is 4.90 Å². The Labute approximate surface area is 117 Å². The minimum absolute atomic E-state index is 0.467. The Kier molecular flexibility index (Phi) is 4.17. The van der Waals surface area contributed by atoms with E-state index in [0.717, 1.165) is 18.1 Å². The number of alkyl halides is 1. The van der Waals surface area contributed by atoms with Crippen molar-refractivity contribution in [1.29, 1.82) is 0 Å². The van der Waals surface area contributed by atoms with E-state index in [9.17, 15) is 0 Å². The maximum atomic E-state index is 6.22. The first-order valence-corrected chi connectivity index (χ1v) is 8.42. The molecular formula is C15H28ClN2+. The predicted octanol–water partition coefficient (Wildman–Crippen LogP) is 1.88. The number of hydrogen-bond donors (Lipinski definition) is 1. The van der Waals surface area contributed by atoms with Crippen molar-refractivity contribution in [3.05, 3.63) is 0 Å². The lowest BCUT2D eigenvalue weighted by molar-refractivity contribution is -0.924. The van der Waals surface area contributed by atoms with E-state index in [-0.39, 0.29) is 0 Å². The molecule has 0 aromatic heterocycles. The molecule has 0 aromatic carbocycles. The number of quaternary nitrogens is 1. The number of nitrogens with zero attached hydrogens (tertiary/aromatic N) is 1. The van der Waals surface area contributed by atoms with Crippen molar-refractivity contribution in [2.75, 3.05) is 19.6 Å². The van der Waals surface area contributed by atoms with Crippen LogP contribution in [0.5, 0.6) is 0 Å². The van der Waals surface area contributed by atoms with Crippen molar-refractivity contribution in [3.63, 3.8) is 0 Å². The van der Waals surface area contributed by atoms with Gasteiger partial charge in [0.15, 0.2) is 0 Å². The molecule has 3 heteroatoms. The molecule has 0 aromatic rings. The van der Waals surface area contributed by atoms with E-state index in [4.69, 9.17) is 11.6 Å². The fourth-order valence-electron chi connectivity index (χ4n) is 4.41. The minimum Gasteiger partial charge on any atom is -0.319 e. The van der Waals surface area contributed by atoms with E-state index >= 15 is 0 Å². The van der Waals surface area contributed by atoms with Gasteiger partial charge in [-0.05, 0) is 51.4 Å². The van der Waals surface area contributed by atoms with E-state index in [1.807, 2.05) is 4.90 Å². The van der Waals surface area contributed by atoms with Crippen molar-refractivity contribution in [1.82, 2.24) is 4.90 Å². The Morgan fingerprint density at radius 2 is 1.89 bits per heavy atom. The highest BCUT2D eigenvalue weighted by Gasteiger charge is 2.42. The molecule has 18 heavy (non-hydrogen) atoms. The molecule has 0 spiro atoms. The maximum absolute atomic E-state index is 6.22. The van der Waals surface area contributed by atoms with Crippen molar-refractivity contribution in [2.45, 2.75) is 69.5 Å². The number of piperidine rings is 1. The van der Waals surface area contributed by atoms with Gasteiger partial charge >= 0.3 is 0 Å². The normalized spacial score (nSPS) is 46.0. The molecule has 2 heterocycles. The lowest BCUT2D eigenvalue weighted by Gasteiger charge is -2.35. The second-order valence-electron chi connectivity index (χ2n) is 6.79. The van der Waals surface area contributed by atoms with Crippen molar-refractivity contribution in [3.8, 4) is 0 Å². The van der Waals surface area contributed by atoms with Crippen LogP contribution < -0.4 is 4.90 Å². The number of rotatable bonds is 2. The van der Waals surface area contributed by atoms with E-state index in [1.54, 1.807) is 0 Å². The van der Waals surface area contributed by atoms with Crippen LogP contribution in [-0.4, -0.2) is 42.1 Å². The van der Waals surface area contributed by atoms with Crippen LogP contribution in [0.2, 0.25) is 0 Å². The number of halogens is 1. The van der Waals surface area contributed by atoms with Gasteiger partial charge in [0.05, 0.1) is 19.1 Å². The Balaban J connectivity index is 1.57. The third-order valence-electron chi connectivity index (χ3n) is 5.47. The monoisotopic (exact) mass is 271 g/mol. The minimum atomic E-state index is 0.467. The third kappa shape index (κ3) is 2.71. The third-order valence-corrected chi connectivity index (χ3v) is 5.90. The molecule has 3 rings (SSSR count). The van der Waals surface area contributed by atoms with E-state index in [0.29, 0.717) is 5.38 Å². The van der Waals surface area contributed by atoms with Crippen LogP contribution >= 0.6 is 11.6 Å². The van der Waals surface area contributed by atoms with Gasteiger partial charge in [-0.1, -0.05) is 0 Å². The molecule has 3 atom stereocenters. The number of nitrogens with one attached hydrogen (secondary N) is 1. The first kappa shape index (κ1) is 13.2. The summed E-state index contributed by atoms with van der Waals surface area (Å²) in [4.78, 5) is 4.72. The highest BCUT2D eigenvalue weighted by atomic mass is 35.5. The van der Waals surface area contributed by atoms with Gasteiger partial charge in [-0.2, -0.15) is 0 Å². The second kappa shape index (κ2) is 5.68. The van der Waals surface area contributed by atoms with Crippen LogP contribution in [0, 0.1) is 5.92 Å². The Morgan fingerprint density at radius 1 is 1.11 bits per heavy atom. The zero-order chi connectivity index (χ0) is 12.5. The van der Waals surface area contributed by atoms with Gasteiger partial charge in [-0.3, -0.25) is 0 Å². The highest BCUT2D eigenvalue weighted by molar-refractivity contribution is 6.20. The molecule has 0 bridgehead atoms. The first-order chi connectivity index (χ1) is 8.74. The summed E-state index contributed by atoms with van der Waals surface area (Å²) in [5.74, 6) is 0.920. The molecule has 0 amide bonds. The van der Waals surface area contributed by atoms with Crippen LogP contribution in [0.25, 0.3) is 0 Å². The van der Waals surface area contributed by atoms with Gasteiger partial charge in [0, 0.05) is 18.3 Å². The van der Waals surface area contributed by atoms with E-state index in [2.05, 4.69) is 11.8 Å². The summed E-state index contributed by atoms with van der Waals surface area (Å²) in [5, 5.41) is 0.467. The van der Waals surface area contributed by atoms with Crippen molar-refractivity contribution >= 4 is 11.6 Å². The van der Waals surface area contributed by atoms with E-state index < -0.39 is 0 Å². The molecule has 2 nitrogen and oxygen atoms in total. The number of fused-ring (bicyclic) bond motifs is 1. The van der Waals surface area contributed by atoms with E-state index in [1.165, 1.54) is 64.6 Å². The lowest BCUT2D eigenvalue weighted by Crippen LogP contribution is -3.15. The summed E-state index contributed by atoms with van der Waals surface area (Å²) in [7, 11) is 0. The van der Waals surface area contributed by atoms with Crippen LogP contribution in [0.3, 0.4) is 0 Å². The summed E-state index contributed by atoms with van der Waals surface area (Å²) < 4.78 is 0. The fraction of sp³-hybridized carbons (Fsp3) is 1.00. The zero-order valence-electron chi connectivity index (χ0n) is 11.7. The lowest BCUT2D eigenvalue weighted by atomic mass is 9.88. The van der Waals surface area contributed by atoms with Crippen LogP contribution in [0.1, 0.15) is 51.9 Å². The van der Waals surface area contributed by atoms with Gasteiger partial charge in [0.1, 0.15) is 6.17 Å². The predicted molar refractivity (Wildman–Crippen MR) is 76.1 cm³/mol.